The van der Waals surface area contributed by atoms with Gasteiger partial charge < -0.3 is 29.5 Å². The summed E-state index contributed by atoms with van der Waals surface area (Å²) in [5.41, 5.74) is -4.79. The van der Waals surface area contributed by atoms with Gasteiger partial charge in [-0.1, -0.05) is 26.0 Å². The number of hydrogen-bond donors (Lipinski definition) is 3. The number of amides is 4. The van der Waals surface area contributed by atoms with Gasteiger partial charge in [0, 0.05) is 23.8 Å². The highest BCUT2D eigenvalue weighted by molar-refractivity contribution is 7.91. The molecular formula is C42H56F3N5O10S. The Balaban J connectivity index is 1.44. The molecule has 0 spiro atoms. The number of fused-ring (bicyclic) bond motifs is 3. The van der Waals surface area contributed by atoms with E-state index in [2.05, 4.69) is 15.0 Å². The van der Waals surface area contributed by atoms with E-state index in [0.717, 1.165) is 4.90 Å². The molecule has 0 radical (unpaired) electrons. The van der Waals surface area contributed by atoms with Crippen molar-refractivity contribution in [3.05, 3.63) is 36.4 Å². The standard InChI is InChI=1S/C42H56F3N5O10S/c1-23(2)59-32-19-26-18-28(58-8)13-14-30(26)35(46-32)60-29-20-31-34(51)47-41(37(53)48-61(56,57)40(7)15-16-40)21-27(41)12-10-9-11-24(3)17-25(4)33(36(52)49(31)22-29)50(38(54)55)39(5,6)42(43,44)45/h10,12-14,18-19,23-25,27,29,31,33H,9,11,15-17,20-22H2,1-8H3,(H,47,51)(H,48,53)(H,54,55)/b12-10-/t24-,25-,27-,29-,31+,33+,41-/m1/s1. The summed E-state index contributed by atoms with van der Waals surface area (Å²) in [7, 11) is -2.63. The summed E-state index contributed by atoms with van der Waals surface area (Å²) in [5.74, 6) is -3.92. The lowest BCUT2D eigenvalue weighted by molar-refractivity contribution is -0.222. The maximum absolute atomic E-state index is 15.1. The van der Waals surface area contributed by atoms with Gasteiger partial charge in [-0.3, -0.25) is 24.0 Å². The summed E-state index contributed by atoms with van der Waals surface area (Å²) in [6.45, 7) is 9.48. The molecule has 3 fully saturated rings. The number of hydrogen-bond acceptors (Lipinski definition) is 10. The number of nitrogens with zero attached hydrogens (tertiary/aromatic N) is 3. The molecule has 2 aromatic rings. The Labute approximate surface area is 353 Å². The minimum absolute atomic E-state index is 0.0394. The highest BCUT2D eigenvalue weighted by Crippen LogP contribution is 2.48. The largest absolute Gasteiger partial charge is 0.497 e. The summed E-state index contributed by atoms with van der Waals surface area (Å²) < 4.78 is 89.6. The number of allylic oxidation sites excluding steroid dienone is 1. The van der Waals surface area contributed by atoms with Gasteiger partial charge in [0.1, 0.15) is 35.0 Å². The Bertz CT molecular complexity index is 2200. The molecule has 1 saturated heterocycles. The molecule has 1 aromatic carbocycles. The van der Waals surface area contributed by atoms with Crippen LogP contribution in [0.4, 0.5) is 18.0 Å². The zero-order valence-electron chi connectivity index (χ0n) is 35.7. The molecule has 2 aliphatic carbocycles. The highest BCUT2D eigenvalue weighted by Gasteiger charge is 2.64. The molecule has 2 saturated carbocycles. The average Bonchev–Trinajstić information content (AvgIpc) is 4.03. The van der Waals surface area contributed by atoms with E-state index in [4.69, 9.17) is 14.2 Å². The number of sulfonamides is 1. The molecule has 4 amide bonds. The Morgan fingerprint density at radius 3 is 2.41 bits per heavy atom. The van der Waals surface area contributed by atoms with Gasteiger partial charge in [-0.25, -0.2) is 13.2 Å². The van der Waals surface area contributed by atoms with Gasteiger partial charge in [0.25, 0.3) is 5.91 Å². The quantitative estimate of drug-likeness (QED) is 0.239. The fourth-order valence-electron chi connectivity index (χ4n) is 8.44. The fraction of sp³-hybridized carbons (Fsp3) is 0.643. The predicted molar refractivity (Wildman–Crippen MR) is 217 cm³/mol. The number of carbonyl (C=O) groups excluding carboxylic acids is 3. The molecular weight excluding hydrogens is 824 g/mol. The zero-order chi connectivity index (χ0) is 45.0. The van der Waals surface area contributed by atoms with E-state index < -0.39 is 85.9 Å². The lowest BCUT2D eigenvalue weighted by atomic mass is 9.85. The van der Waals surface area contributed by atoms with E-state index in [0.29, 0.717) is 56.1 Å². The Morgan fingerprint density at radius 1 is 1.11 bits per heavy atom. The van der Waals surface area contributed by atoms with Crippen molar-refractivity contribution in [3.63, 3.8) is 0 Å². The van der Waals surface area contributed by atoms with Crippen LogP contribution >= 0.6 is 0 Å². The normalized spacial score (nSPS) is 28.7. The minimum Gasteiger partial charge on any atom is -0.497 e. The highest BCUT2D eigenvalue weighted by atomic mass is 32.2. The maximum Gasteiger partial charge on any atom is 0.411 e. The molecule has 0 bridgehead atoms. The van der Waals surface area contributed by atoms with Crippen LogP contribution in [0.15, 0.2) is 36.4 Å². The number of benzene rings is 1. The fourth-order valence-corrected chi connectivity index (χ4v) is 9.75. The number of alkyl halides is 3. The van der Waals surface area contributed by atoms with Crippen LogP contribution in [-0.2, 0) is 24.4 Å². The Kier molecular flexibility index (Phi) is 12.3. The van der Waals surface area contributed by atoms with Crippen molar-refractivity contribution >= 4 is 44.6 Å². The molecule has 2 aliphatic heterocycles. The molecule has 1 aromatic heterocycles. The van der Waals surface area contributed by atoms with Crippen LogP contribution in [0.25, 0.3) is 10.8 Å². The summed E-state index contributed by atoms with van der Waals surface area (Å²) >= 11 is 0. The van der Waals surface area contributed by atoms with Crippen LogP contribution in [0.2, 0.25) is 0 Å². The molecule has 0 unspecified atom stereocenters. The van der Waals surface area contributed by atoms with Gasteiger partial charge in [0.2, 0.25) is 33.6 Å². The van der Waals surface area contributed by atoms with Crippen LogP contribution in [-0.4, -0.2) is 112 Å². The Morgan fingerprint density at radius 2 is 1.80 bits per heavy atom. The molecule has 6 rings (SSSR count). The number of methoxy groups -OCH3 is 1. The van der Waals surface area contributed by atoms with Crippen LogP contribution in [0.1, 0.15) is 93.4 Å². The van der Waals surface area contributed by atoms with Gasteiger partial charge in [-0.2, -0.15) is 18.2 Å². The van der Waals surface area contributed by atoms with E-state index in [9.17, 15) is 41.1 Å². The lowest BCUT2D eigenvalue weighted by Gasteiger charge is -2.45. The number of pyridine rings is 1. The number of nitrogens with one attached hydrogen (secondary N) is 2. The monoisotopic (exact) mass is 879 g/mol. The first-order valence-corrected chi connectivity index (χ1v) is 22.1. The third-order valence-electron chi connectivity index (χ3n) is 12.6. The molecule has 3 N–H and O–H groups in total. The number of ether oxygens (including phenoxy) is 3. The second kappa shape index (κ2) is 16.5. The van der Waals surface area contributed by atoms with Crippen molar-refractivity contribution in [2.24, 2.45) is 17.8 Å². The number of carbonyl (C=O) groups is 4. The van der Waals surface area contributed by atoms with Crippen LogP contribution in [0.3, 0.4) is 0 Å². The first-order chi connectivity index (χ1) is 28.3. The third-order valence-corrected chi connectivity index (χ3v) is 14.8. The minimum atomic E-state index is -5.11. The van der Waals surface area contributed by atoms with Crippen molar-refractivity contribution < 1.29 is 60.1 Å². The van der Waals surface area contributed by atoms with E-state index in [1.165, 1.54) is 21.0 Å². The summed E-state index contributed by atoms with van der Waals surface area (Å²) in [6, 6.07) is 3.37. The summed E-state index contributed by atoms with van der Waals surface area (Å²) in [5, 5.41) is 14.4. The van der Waals surface area contributed by atoms with Crippen molar-refractivity contribution in [3.8, 4) is 17.5 Å². The van der Waals surface area contributed by atoms with Crippen LogP contribution in [0, 0.1) is 17.8 Å². The molecule has 61 heavy (non-hydrogen) atoms. The zero-order valence-corrected chi connectivity index (χ0v) is 36.5. The van der Waals surface area contributed by atoms with Gasteiger partial charge in [-0.05, 0) is 109 Å². The molecule has 336 valence electrons. The number of aromatic nitrogens is 1. The molecule has 19 heteroatoms. The maximum atomic E-state index is 15.1. The SMILES string of the molecule is COc1ccc2c(O[C@@H]3C[C@H]4C(=O)N[C@]5(C(=O)NS(=O)(=O)C6(C)CC6)C[C@H]5/C=C\CC[C@@H](C)C[C@@H](C)[C@H](N(C(=O)O)C(C)(C)C(F)(F)F)C(=O)N4C3)nc(OC(C)C)cc2c1. The van der Waals surface area contributed by atoms with Crippen LogP contribution in [0.5, 0.6) is 17.5 Å². The second-order valence-electron chi connectivity index (χ2n) is 18.1. The lowest BCUT2D eigenvalue weighted by Crippen LogP contribution is -2.66. The van der Waals surface area contributed by atoms with Gasteiger partial charge in [0.15, 0.2) is 0 Å². The van der Waals surface area contributed by atoms with Crippen molar-refractivity contribution in [2.75, 3.05) is 13.7 Å². The third kappa shape index (κ3) is 9.07. The van der Waals surface area contributed by atoms with Crippen molar-refractivity contribution in [1.82, 2.24) is 24.8 Å². The van der Waals surface area contributed by atoms with Gasteiger partial charge in [-0.15, -0.1) is 0 Å². The summed E-state index contributed by atoms with van der Waals surface area (Å²) in [6.07, 6.45) is -3.29. The molecule has 3 heterocycles. The first kappa shape index (κ1) is 45.7. The second-order valence-corrected chi connectivity index (χ2v) is 20.3. The van der Waals surface area contributed by atoms with Gasteiger partial charge >= 0.3 is 12.3 Å². The van der Waals surface area contributed by atoms with E-state index in [1.807, 2.05) is 6.92 Å². The van der Waals surface area contributed by atoms with Gasteiger partial charge in [0.05, 0.1) is 24.5 Å². The van der Waals surface area contributed by atoms with Crippen molar-refractivity contribution in [1.29, 1.82) is 0 Å². The molecule has 4 aliphatic rings. The van der Waals surface area contributed by atoms with E-state index >= 15 is 4.79 Å². The predicted octanol–water partition coefficient (Wildman–Crippen LogP) is 5.95. The van der Waals surface area contributed by atoms with E-state index in [1.54, 1.807) is 50.3 Å². The number of carboxylic acid groups (broad SMARTS) is 1. The number of halogens is 3. The molecule has 15 nitrogen and oxygen atoms in total. The van der Waals surface area contributed by atoms with Crippen molar-refractivity contribution in [2.45, 2.75) is 140 Å². The molecule has 7 atom stereocenters. The average molecular weight is 880 g/mol. The topological polar surface area (TPSA) is 194 Å². The summed E-state index contributed by atoms with van der Waals surface area (Å²) in [4.78, 5) is 62.5. The smallest absolute Gasteiger partial charge is 0.411 e. The van der Waals surface area contributed by atoms with E-state index in [-0.39, 0.29) is 54.5 Å². The van der Waals surface area contributed by atoms with Crippen LogP contribution < -0.4 is 24.2 Å². The Hall–Kier alpha value is -4.81. The number of rotatable bonds is 10. The first-order valence-electron chi connectivity index (χ1n) is 20.6.